The van der Waals surface area contributed by atoms with Crippen molar-refractivity contribution in [2.45, 2.75) is 18.2 Å². The van der Waals surface area contributed by atoms with Gasteiger partial charge in [0.05, 0.1) is 4.92 Å². The summed E-state index contributed by atoms with van der Waals surface area (Å²) >= 11 is 9.61. The molecule has 0 heterocycles. The van der Waals surface area contributed by atoms with Gasteiger partial charge in [-0.3, -0.25) is 10.1 Å². The molecule has 3 nitrogen and oxygen atoms in total. The van der Waals surface area contributed by atoms with Crippen LogP contribution in [0.25, 0.3) is 0 Å². The lowest BCUT2D eigenvalue weighted by Crippen LogP contribution is -2.00. The number of halogens is 2. The first-order valence-electron chi connectivity index (χ1n) is 6.11. The molecule has 104 valence electrons. The zero-order valence-electron chi connectivity index (χ0n) is 10.8. The molecule has 5 heteroatoms. The van der Waals surface area contributed by atoms with Crippen LogP contribution in [0.4, 0.5) is 5.69 Å². The van der Waals surface area contributed by atoms with E-state index < -0.39 is 0 Å². The molecule has 1 unspecified atom stereocenters. The van der Waals surface area contributed by atoms with Crippen LogP contribution in [-0.4, -0.2) is 4.92 Å². The molecule has 0 fully saturated rings. The Labute approximate surface area is 130 Å². The summed E-state index contributed by atoms with van der Waals surface area (Å²) < 4.78 is 0. The molecule has 2 rings (SSSR count). The summed E-state index contributed by atoms with van der Waals surface area (Å²) in [4.78, 5) is 10.7. The topological polar surface area (TPSA) is 43.1 Å². The lowest BCUT2D eigenvalue weighted by atomic mass is 10.0. The van der Waals surface area contributed by atoms with Crippen LogP contribution < -0.4 is 0 Å². The van der Waals surface area contributed by atoms with Gasteiger partial charge in [-0.2, -0.15) is 0 Å². The third kappa shape index (κ3) is 3.38. The molecule has 2 aromatic carbocycles. The highest BCUT2D eigenvalue weighted by molar-refractivity contribution is 9.09. The van der Waals surface area contributed by atoms with E-state index in [-0.39, 0.29) is 15.4 Å². The summed E-state index contributed by atoms with van der Waals surface area (Å²) in [5.74, 6) is 0. The highest BCUT2D eigenvalue weighted by Gasteiger charge is 2.17. The van der Waals surface area contributed by atoms with Gasteiger partial charge in [-0.1, -0.05) is 57.9 Å². The third-order valence-corrected chi connectivity index (χ3v) is 4.41. The minimum absolute atomic E-state index is 0.0135. The van der Waals surface area contributed by atoms with Crippen LogP contribution in [0, 0.1) is 17.0 Å². The Morgan fingerprint density at radius 2 is 2.00 bits per heavy atom. The van der Waals surface area contributed by atoms with Crippen molar-refractivity contribution in [3.8, 4) is 0 Å². The van der Waals surface area contributed by atoms with Crippen LogP contribution in [0.2, 0.25) is 5.02 Å². The molecule has 20 heavy (non-hydrogen) atoms. The van der Waals surface area contributed by atoms with Crippen molar-refractivity contribution in [1.29, 1.82) is 0 Å². The fourth-order valence-corrected chi connectivity index (χ4v) is 2.79. The predicted octanol–water partition coefficient (Wildman–Crippen LogP) is 5.24. The summed E-state index contributed by atoms with van der Waals surface area (Å²) in [7, 11) is 0. The maximum Gasteiger partial charge on any atom is 0.272 e. The molecule has 0 amide bonds. The molecule has 0 saturated carbocycles. The highest BCUT2D eigenvalue weighted by Crippen LogP contribution is 2.32. The number of para-hydroxylation sites is 1. The standard InChI is InChI=1S/C15H13BrClNO2/c1-10-8-11(6-7-14(10)17)13(16)9-12-4-2-3-5-15(12)18(19)20/h2-8,13H,9H2,1H3. The number of nitro benzene ring substituents is 1. The second-order valence-corrected chi connectivity index (χ2v) is 6.08. The largest absolute Gasteiger partial charge is 0.272 e. The normalized spacial score (nSPS) is 12.2. The number of aryl methyl sites for hydroxylation is 1. The van der Waals surface area contributed by atoms with Gasteiger partial charge in [0.1, 0.15) is 0 Å². The molecule has 0 aliphatic carbocycles. The number of alkyl halides is 1. The van der Waals surface area contributed by atoms with Gasteiger partial charge in [-0.05, 0) is 30.5 Å². The lowest BCUT2D eigenvalue weighted by Gasteiger charge is -2.12. The summed E-state index contributed by atoms with van der Waals surface area (Å²) in [5.41, 5.74) is 2.93. The zero-order chi connectivity index (χ0) is 14.7. The molecule has 0 N–H and O–H groups in total. The van der Waals surface area contributed by atoms with Gasteiger partial charge in [0.15, 0.2) is 0 Å². The van der Waals surface area contributed by atoms with Gasteiger partial charge in [-0.15, -0.1) is 0 Å². The fraction of sp³-hybridized carbons (Fsp3) is 0.200. The minimum Gasteiger partial charge on any atom is -0.258 e. The molecular weight excluding hydrogens is 342 g/mol. The van der Waals surface area contributed by atoms with Gasteiger partial charge in [0, 0.05) is 21.5 Å². The van der Waals surface area contributed by atoms with E-state index in [1.54, 1.807) is 12.1 Å². The molecule has 0 radical (unpaired) electrons. The highest BCUT2D eigenvalue weighted by atomic mass is 79.9. The minimum atomic E-state index is -0.345. The van der Waals surface area contributed by atoms with Gasteiger partial charge >= 0.3 is 0 Å². The van der Waals surface area contributed by atoms with Crippen molar-refractivity contribution in [3.05, 3.63) is 74.3 Å². The maximum absolute atomic E-state index is 11.0. The van der Waals surface area contributed by atoms with Crippen molar-refractivity contribution < 1.29 is 4.92 Å². The molecule has 0 saturated heterocycles. The third-order valence-electron chi connectivity index (χ3n) is 3.13. The van der Waals surface area contributed by atoms with Crippen LogP contribution in [0.15, 0.2) is 42.5 Å². The predicted molar refractivity (Wildman–Crippen MR) is 84.7 cm³/mol. The molecule has 0 aliphatic heterocycles. The number of nitro groups is 1. The van der Waals surface area contributed by atoms with E-state index in [1.165, 1.54) is 6.07 Å². The van der Waals surface area contributed by atoms with E-state index in [0.717, 1.165) is 16.1 Å². The van der Waals surface area contributed by atoms with Crippen molar-refractivity contribution in [2.75, 3.05) is 0 Å². The number of hydrogen-bond donors (Lipinski definition) is 0. The molecule has 1 atom stereocenters. The Morgan fingerprint density at radius 3 is 2.65 bits per heavy atom. The van der Waals surface area contributed by atoms with Gasteiger partial charge in [0.25, 0.3) is 5.69 Å². The summed E-state index contributed by atoms with van der Waals surface area (Å²) in [6.07, 6.45) is 0.554. The zero-order valence-corrected chi connectivity index (χ0v) is 13.2. The fourth-order valence-electron chi connectivity index (χ4n) is 2.04. The number of rotatable bonds is 4. The summed E-state index contributed by atoms with van der Waals surface area (Å²) in [5, 5.41) is 11.7. The molecule has 0 bridgehead atoms. The number of hydrogen-bond acceptors (Lipinski definition) is 2. The van der Waals surface area contributed by atoms with Gasteiger partial charge < -0.3 is 0 Å². The van der Waals surface area contributed by atoms with Gasteiger partial charge in [-0.25, -0.2) is 0 Å². The van der Waals surface area contributed by atoms with E-state index in [4.69, 9.17) is 11.6 Å². The molecule has 0 aliphatic rings. The van der Waals surface area contributed by atoms with Crippen molar-refractivity contribution in [2.24, 2.45) is 0 Å². The average Bonchev–Trinajstić information content (AvgIpc) is 2.42. The van der Waals surface area contributed by atoms with E-state index >= 15 is 0 Å². The number of nitrogens with zero attached hydrogens (tertiary/aromatic N) is 1. The van der Waals surface area contributed by atoms with E-state index in [1.807, 2.05) is 31.2 Å². The Balaban J connectivity index is 2.25. The van der Waals surface area contributed by atoms with E-state index in [0.29, 0.717) is 12.0 Å². The van der Waals surface area contributed by atoms with E-state index in [2.05, 4.69) is 15.9 Å². The second kappa shape index (κ2) is 6.37. The molecular formula is C15H13BrClNO2. The van der Waals surface area contributed by atoms with Crippen LogP contribution in [0.1, 0.15) is 21.5 Å². The smallest absolute Gasteiger partial charge is 0.258 e. The first-order valence-corrected chi connectivity index (χ1v) is 7.41. The Morgan fingerprint density at radius 1 is 1.30 bits per heavy atom. The van der Waals surface area contributed by atoms with Crippen LogP contribution in [-0.2, 0) is 6.42 Å². The van der Waals surface area contributed by atoms with Crippen LogP contribution in [0.3, 0.4) is 0 Å². The summed E-state index contributed by atoms with van der Waals surface area (Å²) in [6, 6.07) is 12.6. The first kappa shape index (κ1) is 15.0. The van der Waals surface area contributed by atoms with E-state index in [9.17, 15) is 10.1 Å². The molecule has 0 spiro atoms. The van der Waals surface area contributed by atoms with Crippen molar-refractivity contribution >= 4 is 33.2 Å². The first-order chi connectivity index (χ1) is 9.49. The Hall–Kier alpha value is -1.39. The van der Waals surface area contributed by atoms with Crippen molar-refractivity contribution in [1.82, 2.24) is 0 Å². The molecule has 0 aromatic heterocycles. The monoisotopic (exact) mass is 353 g/mol. The summed E-state index contributed by atoms with van der Waals surface area (Å²) in [6.45, 7) is 1.94. The maximum atomic E-state index is 11.0. The average molecular weight is 355 g/mol. The Kier molecular flexibility index (Phi) is 4.78. The van der Waals surface area contributed by atoms with Gasteiger partial charge in [0.2, 0.25) is 0 Å². The quantitative estimate of drug-likeness (QED) is 0.428. The lowest BCUT2D eigenvalue weighted by molar-refractivity contribution is -0.385. The second-order valence-electron chi connectivity index (χ2n) is 4.57. The van der Waals surface area contributed by atoms with Crippen LogP contribution >= 0.6 is 27.5 Å². The Bertz CT molecular complexity index is 646. The van der Waals surface area contributed by atoms with Crippen LogP contribution in [0.5, 0.6) is 0 Å². The van der Waals surface area contributed by atoms with Crippen molar-refractivity contribution in [3.63, 3.8) is 0 Å². The number of benzene rings is 2. The molecule has 2 aromatic rings. The SMILES string of the molecule is Cc1cc(C(Br)Cc2ccccc2[N+](=O)[O-])ccc1Cl.